The fourth-order valence-corrected chi connectivity index (χ4v) is 4.25. The van der Waals surface area contributed by atoms with E-state index in [-0.39, 0.29) is 11.8 Å². The van der Waals surface area contributed by atoms with E-state index in [4.69, 9.17) is 16.0 Å². The zero-order valence-electron chi connectivity index (χ0n) is 20.5. The van der Waals surface area contributed by atoms with Crippen LogP contribution in [0.4, 0.5) is 29.3 Å². The smallest absolute Gasteiger partial charge is 0.302 e. The number of anilines is 5. The molecule has 4 heterocycles. The number of nitrogens with one attached hydrogen (secondary N) is 2. The number of aryl methyl sites for hydroxylation is 2. The maximum absolute atomic E-state index is 12.7. The van der Waals surface area contributed by atoms with Crippen LogP contribution >= 0.6 is 11.6 Å². The van der Waals surface area contributed by atoms with Gasteiger partial charge in [0.25, 0.3) is 5.91 Å². The average Bonchev–Trinajstić information content (AvgIpc) is 3.39. The standard InChI is InChI=1S/C25H26ClN9O2/c1-3-20-29-23(32-24(30-20)35-13-11-34(12-14-35)17-7-9-27-10-8-17)33-25-28-15-19(37-25)22(36)31-21-16(2)5-4-6-18(21)26/h4-10,15H,3,11-14H2,1-2H3,(H,31,36)(H,28,29,30,32,33). The quantitative estimate of drug-likeness (QED) is 0.368. The molecule has 1 fully saturated rings. The van der Waals surface area contributed by atoms with Crippen LogP contribution < -0.4 is 20.4 Å². The molecule has 12 heteroatoms. The molecule has 1 saturated heterocycles. The molecular weight excluding hydrogens is 494 g/mol. The van der Waals surface area contributed by atoms with E-state index >= 15 is 0 Å². The molecule has 0 aliphatic carbocycles. The molecule has 5 rings (SSSR count). The van der Waals surface area contributed by atoms with Gasteiger partial charge in [0.15, 0.2) is 0 Å². The molecule has 37 heavy (non-hydrogen) atoms. The molecule has 4 aromatic rings. The molecule has 0 bridgehead atoms. The van der Waals surface area contributed by atoms with Crippen molar-refractivity contribution in [3.8, 4) is 0 Å². The topological polar surface area (TPSA) is 125 Å². The van der Waals surface area contributed by atoms with Crippen LogP contribution in [0, 0.1) is 6.92 Å². The fourth-order valence-electron chi connectivity index (χ4n) is 3.98. The number of rotatable bonds is 7. The van der Waals surface area contributed by atoms with Crippen molar-refractivity contribution in [3.63, 3.8) is 0 Å². The Morgan fingerprint density at radius 1 is 1.05 bits per heavy atom. The highest BCUT2D eigenvalue weighted by atomic mass is 35.5. The van der Waals surface area contributed by atoms with Crippen molar-refractivity contribution in [2.24, 2.45) is 0 Å². The molecule has 1 aliphatic heterocycles. The van der Waals surface area contributed by atoms with E-state index in [1.165, 1.54) is 6.20 Å². The Morgan fingerprint density at radius 2 is 1.81 bits per heavy atom. The summed E-state index contributed by atoms with van der Waals surface area (Å²) in [6, 6.07) is 9.51. The number of para-hydroxylation sites is 1. The highest BCUT2D eigenvalue weighted by Gasteiger charge is 2.21. The Morgan fingerprint density at radius 3 is 2.54 bits per heavy atom. The van der Waals surface area contributed by atoms with Gasteiger partial charge in [-0.05, 0) is 30.7 Å². The van der Waals surface area contributed by atoms with E-state index in [2.05, 4.69) is 45.4 Å². The van der Waals surface area contributed by atoms with Gasteiger partial charge in [0, 0.05) is 50.7 Å². The number of hydrogen-bond acceptors (Lipinski definition) is 10. The number of amides is 1. The lowest BCUT2D eigenvalue weighted by molar-refractivity contribution is 0.0997. The summed E-state index contributed by atoms with van der Waals surface area (Å²) in [5.74, 6) is 1.09. The van der Waals surface area contributed by atoms with Gasteiger partial charge in [-0.1, -0.05) is 30.7 Å². The first-order valence-corrected chi connectivity index (χ1v) is 12.3. The summed E-state index contributed by atoms with van der Waals surface area (Å²) in [7, 11) is 0. The SMILES string of the molecule is CCc1nc(Nc2ncc(C(=O)Nc3c(C)cccc3Cl)o2)nc(N2CCN(c3ccncc3)CC2)n1. The van der Waals surface area contributed by atoms with E-state index in [0.717, 1.165) is 37.4 Å². The van der Waals surface area contributed by atoms with E-state index in [9.17, 15) is 4.79 Å². The summed E-state index contributed by atoms with van der Waals surface area (Å²) >= 11 is 6.22. The van der Waals surface area contributed by atoms with E-state index in [1.54, 1.807) is 18.5 Å². The Hall–Kier alpha value is -4.25. The van der Waals surface area contributed by atoms with Crippen molar-refractivity contribution < 1.29 is 9.21 Å². The number of nitrogens with zero attached hydrogens (tertiary/aromatic N) is 7. The monoisotopic (exact) mass is 519 g/mol. The van der Waals surface area contributed by atoms with Gasteiger partial charge in [-0.2, -0.15) is 15.0 Å². The van der Waals surface area contributed by atoms with Gasteiger partial charge >= 0.3 is 6.01 Å². The Kier molecular flexibility index (Phi) is 7.13. The van der Waals surface area contributed by atoms with Crippen molar-refractivity contribution in [2.75, 3.05) is 46.6 Å². The van der Waals surface area contributed by atoms with Gasteiger partial charge in [-0.15, -0.1) is 0 Å². The second-order valence-corrected chi connectivity index (χ2v) is 8.86. The van der Waals surface area contributed by atoms with Crippen LogP contribution in [-0.4, -0.2) is 57.0 Å². The first-order valence-electron chi connectivity index (χ1n) is 11.9. The lowest BCUT2D eigenvalue weighted by atomic mass is 10.2. The fraction of sp³-hybridized carbons (Fsp3) is 0.280. The largest absolute Gasteiger partial charge is 0.418 e. The van der Waals surface area contributed by atoms with Crippen molar-refractivity contribution in [2.45, 2.75) is 20.3 Å². The highest BCUT2D eigenvalue weighted by molar-refractivity contribution is 6.34. The summed E-state index contributed by atoms with van der Waals surface area (Å²) in [6.07, 6.45) is 5.58. The first kappa shape index (κ1) is 24.4. The van der Waals surface area contributed by atoms with Gasteiger partial charge in [-0.3, -0.25) is 15.1 Å². The molecule has 3 aromatic heterocycles. The average molecular weight is 520 g/mol. The summed E-state index contributed by atoms with van der Waals surface area (Å²) in [4.78, 5) is 39.0. The van der Waals surface area contributed by atoms with Crippen molar-refractivity contribution in [3.05, 3.63) is 71.1 Å². The number of halogens is 1. The number of hydrogen-bond donors (Lipinski definition) is 2. The third kappa shape index (κ3) is 5.61. The predicted molar refractivity (Wildman–Crippen MR) is 142 cm³/mol. The van der Waals surface area contributed by atoms with Crippen LogP contribution in [0.15, 0.2) is 53.3 Å². The second-order valence-electron chi connectivity index (χ2n) is 8.45. The molecule has 190 valence electrons. The van der Waals surface area contributed by atoms with Gasteiger partial charge in [-0.25, -0.2) is 4.98 Å². The van der Waals surface area contributed by atoms with Gasteiger partial charge in [0.2, 0.25) is 17.7 Å². The minimum atomic E-state index is -0.464. The van der Waals surface area contributed by atoms with Crippen molar-refractivity contribution in [1.82, 2.24) is 24.9 Å². The lowest BCUT2D eigenvalue weighted by Gasteiger charge is -2.36. The maximum atomic E-state index is 12.7. The normalized spacial score (nSPS) is 13.5. The molecule has 1 aromatic carbocycles. The number of carbonyl (C=O) groups excluding carboxylic acids is 1. The van der Waals surface area contributed by atoms with Gasteiger partial charge in [0.1, 0.15) is 5.82 Å². The Balaban J connectivity index is 1.27. The summed E-state index contributed by atoms with van der Waals surface area (Å²) in [5.41, 5.74) is 2.51. The number of oxazole rings is 1. The third-order valence-corrected chi connectivity index (χ3v) is 6.30. The molecule has 0 spiro atoms. The molecule has 0 saturated carbocycles. The molecule has 0 unspecified atom stereocenters. The van der Waals surface area contributed by atoms with Crippen LogP contribution in [-0.2, 0) is 6.42 Å². The van der Waals surface area contributed by atoms with Crippen molar-refractivity contribution in [1.29, 1.82) is 0 Å². The third-order valence-electron chi connectivity index (χ3n) is 5.99. The van der Waals surface area contributed by atoms with Crippen LogP contribution in [0.5, 0.6) is 0 Å². The highest BCUT2D eigenvalue weighted by Crippen LogP contribution is 2.26. The lowest BCUT2D eigenvalue weighted by Crippen LogP contribution is -2.47. The van der Waals surface area contributed by atoms with Gasteiger partial charge < -0.3 is 19.5 Å². The number of benzene rings is 1. The Bertz CT molecular complexity index is 1370. The maximum Gasteiger partial charge on any atom is 0.302 e. The van der Waals surface area contributed by atoms with E-state index < -0.39 is 5.91 Å². The summed E-state index contributed by atoms with van der Waals surface area (Å²) in [6.45, 7) is 7.04. The minimum absolute atomic E-state index is 0.0269. The molecule has 0 atom stereocenters. The summed E-state index contributed by atoms with van der Waals surface area (Å²) < 4.78 is 5.62. The molecule has 1 aliphatic rings. The Labute approximate surface area is 218 Å². The predicted octanol–water partition coefficient (Wildman–Crippen LogP) is 4.10. The minimum Gasteiger partial charge on any atom is -0.418 e. The number of piperazine rings is 1. The van der Waals surface area contributed by atoms with Gasteiger partial charge in [0.05, 0.1) is 16.9 Å². The molecule has 11 nitrogen and oxygen atoms in total. The van der Waals surface area contributed by atoms with Crippen molar-refractivity contribution >= 4 is 46.8 Å². The zero-order chi connectivity index (χ0) is 25.8. The molecular formula is C25H26ClN9O2. The zero-order valence-corrected chi connectivity index (χ0v) is 21.2. The molecule has 2 N–H and O–H groups in total. The molecule has 1 amide bonds. The number of pyridine rings is 1. The number of aromatic nitrogens is 5. The number of carbonyl (C=O) groups is 1. The van der Waals surface area contributed by atoms with Crippen LogP contribution in [0.1, 0.15) is 28.9 Å². The second kappa shape index (κ2) is 10.8. The van der Waals surface area contributed by atoms with Crippen LogP contribution in [0.25, 0.3) is 0 Å². The van der Waals surface area contributed by atoms with E-state index in [1.807, 2.05) is 38.1 Å². The molecule has 0 radical (unpaired) electrons. The first-order chi connectivity index (χ1) is 18.0. The van der Waals surface area contributed by atoms with E-state index in [0.29, 0.717) is 34.9 Å². The summed E-state index contributed by atoms with van der Waals surface area (Å²) in [5, 5.41) is 6.18. The van der Waals surface area contributed by atoms with Crippen LogP contribution in [0.3, 0.4) is 0 Å². The van der Waals surface area contributed by atoms with Crippen LogP contribution in [0.2, 0.25) is 5.02 Å².